The lowest BCUT2D eigenvalue weighted by Crippen LogP contribution is -2.40. The van der Waals surface area contributed by atoms with Gasteiger partial charge in [0.1, 0.15) is 0 Å². The smallest absolute Gasteiger partial charge is 0.291 e. The first kappa shape index (κ1) is 17.4. The molecule has 9 nitrogen and oxygen atoms in total. The summed E-state index contributed by atoms with van der Waals surface area (Å²) in [6.45, 7) is 2.49. The lowest BCUT2D eigenvalue weighted by atomic mass is 10.3. The fourth-order valence-corrected chi connectivity index (χ4v) is 1.19. The first-order chi connectivity index (χ1) is 9.35. The van der Waals surface area contributed by atoms with E-state index in [-0.39, 0.29) is 5.96 Å². The van der Waals surface area contributed by atoms with Gasteiger partial charge >= 0.3 is 0 Å². The van der Waals surface area contributed by atoms with Gasteiger partial charge in [0.2, 0.25) is 5.96 Å². The van der Waals surface area contributed by atoms with Crippen LogP contribution in [0.3, 0.4) is 0 Å². The average molecular weight is 303 g/mol. The van der Waals surface area contributed by atoms with Crippen molar-refractivity contribution in [2.45, 2.75) is 6.92 Å². The fraction of sp³-hybridized carbons (Fsp3) is 0.200. The van der Waals surface area contributed by atoms with Gasteiger partial charge in [-0.2, -0.15) is 0 Å². The Morgan fingerprint density at radius 3 is 2.45 bits per heavy atom. The molecule has 0 aliphatic carbocycles. The number of guanidine groups is 2. The van der Waals surface area contributed by atoms with E-state index in [9.17, 15) is 0 Å². The van der Waals surface area contributed by atoms with Gasteiger partial charge in [-0.25, -0.2) is 0 Å². The number of nitrogens with one attached hydrogen (secondary N) is 3. The number of rotatable bonds is 2. The molecule has 0 aliphatic heterocycles. The molecule has 0 atom stereocenters. The van der Waals surface area contributed by atoms with Crippen LogP contribution in [0.5, 0.6) is 0 Å². The van der Waals surface area contributed by atoms with Gasteiger partial charge < -0.3 is 16.3 Å². The van der Waals surface area contributed by atoms with Crippen molar-refractivity contribution >= 4 is 29.2 Å². The molecule has 1 rings (SSSR count). The van der Waals surface area contributed by atoms with Gasteiger partial charge in [0.25, 0.3) is 5.09 Å². The molecule has 0 radical (unpaired) electrons. The molecule has 1 aromatic carbocycles. The van der Waals surface area contributed by atoms with Crippen molar-refractivity contribution < 1.29 is 10.3 Å². The first-order valence-electron chi connectivity index (χ1n) is 5.36. The molecule has 0 unspecified atom stereocenters. The molecule has 0 amide bonds. The van der Waals surface area contributed by atoms with Crippen LogP contribution in [0, 0.1) is 15.5 Å². The Kier molecular flexibility index (Phi) is 8.19. The lowest BCUT2D eigenvalue weighted by Gasteiger charge is -2.10. The lowest BCUT2D eigenvalue weighted by molar-refractivity contribution is -0.742. The highest BCUT2D eigenvalue weighted by atomic mass is 35.5. The van der Waals surface area contributed by atoms with Gasteiger partial charge in [-0.05, 0) is 31.2 Å². The summed E-state index contributed by atoms with van der Waals surface area (Å²) in [5.74, 6) is 0.283. The van der Waals surface area contributed by atoms with Crippen molar-refractivity contribution in [3.8, 4) is 0 Å². The van der Waals surface area contributed by atoms with E-state index in [2.05, 4.69) is 15.6 Å². The number of benzene rings is 1. The van der Waals surface area contributed by atoms with Crippen LogP contribution in [-0.4, -0.2) is 28.8 Å². The van der Waals surface area contributed by atoms with E-state index in [4.69, 9.17) is 38.1 Å². The highest BCUT2D eigenvalue weighted by molar-refractivity contribution is 6.30. The van der Waals surface area contributed by atoms with Crippen LogP contribution in [0.4, 0.5) is 5.69 Å². The number of anilines is 1. The van der Waals surface area contributed by atoms with E-state index in [1.807, 2.05) is 19.1 Å². The second-order valence-electron chi connectivity index (χ2n) is 3.23. The molecule has 20 heavy (non-hydrogen) atoms. The molecule has 1 aromatic rings. The topological polar surface area (TPSA) is 150 Å². The van der Waals surface area contributed by atoms with Gasteiger partial charge in [-0.3, -0.25) is 15.7 Å². The van der Waals surface area contributed by atoms with Crippen molar-refractivity contribution in [2.24, 2.45) is 10.7 Å². The SMILES string of the molecule is CCN=C(NC(=N)N)Nc1ccc(Cl)cc1.O=[N+]([O-])O. The number of halogens is 1. The van der Waals surface area contributed by atoms with Crippen LogP contribution in [-0.2, 0) is 0 Å². The van der Waals surface area contributed by atoms with E-state index in [1.54, 1.807) is 12.1 Å². The Balaban J connectivity index is 0.000000796. The molecule has 0 spiro atoms. The van der Waals surface area contributed by atoms with Crippen LogP contribution < -0.4 is 16.4 Å². The van der Waals surface area contributed by atoms with Crippen LogP contribution in [0.2, 0.25) is 5.02 Å². The Morgan fingerprint density at radius 1 is 1.55 bits per heavy atom. The standard InChI is InChI=1S/C10H14ClN5.HNO3/c1-2-14-10(16-9(12)13)15-8-5-3-7(11)4-6-8;2-1(3)4/h3-6H,2H2,1H3,(H5,12,13,14,15,16);(H,2,3,4). The van der Waals surface area contributed by atoms with Crippen molar-refractivity contribution in [3.63, 3.8) is 0 Å². The minimum atomic E-state index is -1.50. The third-order valence-corrected chi connectivity index (χ3v) is 1.93. The van der Waals surface area contributed by atoms with Gasteiger partial charge in [0, 0.05) is 17.3 Å². The summed E-state index contributed by atoms with van der Waals surface area (Å²) in [6.07, 6.45) is 0. The summed E-state index contributed by atoms with van der Waals surface area (Å²) in [6, 6.07) is 7.16. The molecular weight excluding hydrogens is 288 g/mol. The molecule has 0 saturated carbocycles. The van der Waals surface area contributed by atoms with Crippen molar-refractivity contribution in [1.29, 1.82) is 5.41 Å². The average Bonchev–Trinajstić information content (AvgIpc) is 2.31. The molecule has 6 N–H and O–H groups in total. The predicted molar refractivity (Wildman–Crippen MR) is 76.9 cm³/mol. The number of aliphatic imine (C=N–C) groups is 1. The second kappa shape index (κ2) is 9.39. The van der Waals surface area contributed by atoms with Crippen LogP contribution >= 0.6 is 11.6 Å². The maximum atomic E-state index is 8.36. The van der Waals surface area contributed by atoms with Crippen LogP contribution in [0.15, 0.2) is 29.3 Å². The molecule has 0 fully saturated rings. The predicted octanol–water partition coefficient (Wildman–Crippen LogP) is 1.26. The summed E-state index contributed by atoms with van der Waals surface area (Å²) in [7, 11) is 0. The Labute approximate surface area is 120 Å². The van der Waals surface area contributed by atoms with E-state index in [1.165, 1.54) is 0 Å². The Hall–Kier alpha value is -2.55. The molecule has 0 aromatic heterocycles. The van der Waals surface area contributed by atoms with E-state index in [0.717, 1.165) is 5.69 Å². The van der Waals surface area contributed by atoms with Gasteiger partial charge in [-0.15, -0.1) is 10.1 Å². The van der Waals surface area contributed by atoms with Crippen LogP contribution in [0.25, 0.3) is 0 Å². The summed E-state index contributed by atoms with van der Waals surface area (Å²) in [5, 5.41) is 27.0. The largest absolute Gasteiger partial charge is 0.370 e. The second-order valence-corrected chi connectivity index (χ2v) is 3.67. The van der Waals surface area contributed by atoms with Crippen molar-refractivity contribution in [1.82, 2.24) is 5.32 Å². The monoisotopic (exact) mass is 302 g/mol. The van der Waals surface area contributed by atoms with Crippen molar-refractivity contribution in [3.05, 3.63) is 39.4 Å². The summed E-state index contributed by atoms with van der Waals surface area (Å²) in [5.41, 5.74) is 6.06. The maximum absolute atomic E-state index is 8.36. The molecule has 10 heteroatoms. The summed E-state index contributed by atoms with van der Waals surface area (Å²) in [4.78, 5) is 12.5. The molecule has 0 heterocycles. The number of nitrogens with zero attached hydrogens (tertiary/aromatic N) is 2. The fourth-order valence-electron chi connectivity index (χ4n) is 1.07. The third-order valence-electron chi connectivity index (χ3n) is 1.68. The minimum absolute atomic E-state index is 0.159. The molecule has 0 saturated heterocycles. The highest BCUT2D eigenvalue weighted by Crippen LogP contribution is 2.12. The van der Waals surface area contributed by atoms with Crippen molar-refractivity contribution in [2.75, 3.05) is 11.9 Å². The minimum Gasteiger partial charge on any atom is -0.370 e. The number of hydrogen-bond donors (Lipinski definition) is 5. The summed E-state index contributed by atoms with van der Waals surface area (Å²) >= 11 is 5.77. The molecular formula is C10H15ClN6O3. The zero-order valence-corrected chi connectivity index (χ0v) is 11.4. The summed E-state index contributed by atoms with van der Waals surface area (Å²) < 4.78 is 0. The highest BCUT2D eigenvalue weighted by Gasteiger charge is 2.00. The molecule has 0 aliphatic rings. The van der Waals surface area contributed by atoms with E-state index in [0.29, 0.717) is 17.5 Å². The maximum Gasteiger partial charge on any atom is 0.291 e. The zero-order valence-electron chi connectivity index (χ0n) is 10.6. The van der Waals surface area contributed by atoms with Crippen LogP contribution in [0.1, 0.15) is 6.92 Å². The Bertz CT molecular complexity index is 472. The van der Waals surface area contributed by atoms with Gasteiger partial charge in [-0.1, -0.05) is 11.6 Å². The number of hydrogen-bond acceptors (Lipinski definition) is 4. The molecule has 110 valence electrons. The quantitative estimate of drug-likeness (QED) is 0.240. The van der Waals surface area contributed by atoms with Gasteiger partial charge in [0.15, 0.2) is 5.96 Å². The normalized spacial score (nSPS) is 10.0. The third kappa shape index (κ3) is 9.48. The zero-order chi connectivity index (χ0) is 15.5. The Morgan fingerprint density at radius 2 is 2.05 bits per heavy atom. The first-order valence-corrected chi connectivity index (χ1v) is 5.74. The van der Waals surface area contributed by atoms with Gasteiger partial charge in [0.05, 0.1) is 0 Å². The van der Waals surface area contributed by atoms with E-state index >= 15 is 0 Å². The number of nitrogens with two attached hydrogens (primary N) is 1. The molecule has 0 bridgehead atoms. The van der Waals surface area contributed by atoms with E-state index < -0.39 is 5.09 Å².